The maximum absolute atomic E-state index is 3.89. The second-order valence-corrected chi connectivity index (χ2v) is 4.43. The van der Waals surface area contributed by atoms with E-state index in [4.69, 9.17) is 0 Å². The molecule has 0 amide bonds. The first kappa shape index (κ1) is 15.0. The number of allylic oxidation sites excluding steroid dienone is 8. The first-order valence-corrected chi connectivity index (χ1v) is 6.54. The molecule has 1 aromatic rings. The predicted molar refractivity (Wildman–Crippen MR) is 87.1 cm³/mol. The van der Waals surface area contributed by atoms with E-state index < -0.39 is 0 Å². The molecule has 0 aromatic carbocycles. The molecule has 1 aromatic heterocycles. The highest BCUT2D eigenvalue weighted by Crippen LogP contribution is 2.31. The Morgan fingerprint density at radius 1 is 1.11 bits per heavy atom. The molecule has 0 aliphatic carbocycles. The number of hydrogen-bond acceptors (Lipinski definition) is 0. The average Bonchev–Trinajstić information content (AvgIpc) is 2.69. The van der Waals surface area contributed by atoms with E-state index in [-0.39, 0.29) is 0 Å². The number of rotatable bonds is 5. The SMILES string of the molecule is C=C/C=C(\C=C)c1[nH]c(C)c(C)c1C(/C=C\C)=C/C. The first-order valence-electron chi connectivity index (χ1n) is 6.54. The Morgan fingerprint density at radius 2 is 1.79 bits per heavy atom. The van der Waals surface area contributed by atoms with E-state index in [0.29, 0.717) is 0 Å². The summed E-state index contributed by atoms with van der Waals surface area (Å²) in [5.74, 6) is 0. The molecule has 0 unspecified atom stereocenters. The van der Waals surface area contributed by atoms with Crippen molar-refractivity contribution < 1.29 is 0 Å². The lowest BCUT2D eigenvalue weighted by Crippen LogP contribution is -1.90. The van der Waals surface area contributed by atoms with E-state index in [1.165, 1.54) is 22.4 Å². The molecule has 0 saturated carbocycles. The quantitative estimate of drug-likeness (QED) is 0.679. The van der Waals surface area contributed by atoms with Crippen LogP contribution in [-0.2, 0) is 0 Å². The highest BCUT2D eigenvalue weighted by Gasteiger charge is 2.15. The molecule has 0 spiro atoms. The fourth-order valence-corrected chi connectivity index (χ4v) is 2.18. The Hall–Kier alpha value is -2.02. The van der Waals surface area contributed by atoms with E-state index in [1.54, 1.807) is 6.08 Å². The number of aryl methyl sites for hydroxylation is 1. The van der Waals surface area contributed by atoms with Crippen molar-refractivity contribution in [2.45, 2.75) is 27.7 Å². The van der Waals surface area contributed by atoms with Crippen LogP contribution in [0.4, 0.5) is 0 Å². The molecule has 0 atom stereocenters. The van der Waals surface area contributed by atoms with Crippen molar-refractivity contribution in [1.29, 1.82) is 0 Å². The van der Waals surface area contributed by atoms with Crippen LogP contribution < -0.4 is 0 Å². The minimum Gasteiger partial charge on any atom is -0.358 e. The molecule has 1 heteroatoms. The fraction of sp³-hybridized carbons (Fsp3) is 0.222. The Bertz CT molecular complexity index is 563. The van der Waals surface area contributed by atoms with Crippen molar-refractivity contribution >= 4 is 11.1 Å². The van der Waals surface area contributed by atoms with Crippen LogP contribution in [0.5, 0.6) is 0 Å². The molecule has 1 nitrogen and oxygen atoms in total. The summed E-state index contributed by atoms with van der Waals surface area (Å²) in [5, 5.41) is 0. The summed E-state index contributed by atoms with van der Waals surface area (Å²) in [5.41, 5.74) is 7.09. The Morgan fingerprint density at radius 3 is 2.26 bits per heavy atom. The lowest BCUT2D eigenvalue weighted by atomic mass is 9.97. The molecule has 0 aliphatic heterocycles. The lowest BCUT2D eigenvalue weighted by molar-refractivity contribution is 1.21. The second kappa shape index (κ2) is 6.79. The van der Waals surface area contributed by atoms with Crippen molar-refractivity contribution in [3.63, 3.8) is 0 Å². The highest BCUT2D eigenvalue weighted by atomic mass is 14.7. The molecule has 0 saturated heterocycles. The van der Waals surface area contributed by atoms with E-state index >= 15 is 0 Å². The summed E-state index contributed by atoms with van der Waals surface area (Å²) < 4.78 is 0. The van der Waals surface area contributed by atoms with Crippen molar-refractivity contribution in [3.8, 4) is 0 Å². The topological polar surface area (TPSA) is 15.8 Å². The molecule has 0 fully saturated rings. The minimum atomic E-state index is 1.06. The molecular weight excluding hydrogens is 230 g/mol. The van der Waals surface area contributed by atoms with Crippen LogP contribution in [0.1, 0.15) is 36.4 Å². The van der Waals surface area contributed by atoms with Gasteiger partial charge in [0, 0.05) is 11.3 Å². The van der Waals surface area contributed by atoms with Gasteiger partial charge in [-0.2, -0.15) is 0 Å². The van der Waals surface area contributed by atoms with Gasteiger partial charge in [-0.3, -0.25) is 0 Å². The fourth-order valence-electron chi connectivity index (χ4n) is 2.18. The van der Waals surface area contributed by atoms with Crippen LogP contribution in [-0.4, -0.2) is 4.98 Å². The van der Waals surface area contributed by atoms with Crippen molar-refractivity contribution in [2.75, 3.05) is 0 Å². The summed E-state index contributed by atoms with van der Waals surface area (Å²) in [6, 6.07) is 0. The molecule has 0 radical (unpaired) electrons. The summed E-state index contributed by atoms with van der Waals surface area (Å²) in [6.45, 7) is 16.0. The van der Waals surface area contributed by atoms with Gasteiger partial charge < -0.3 is 4.98 Å². The third-order valence-corrected chi connectivity index (χ3v) is 3.25. The average molecular weight is 253 g/mol. The Balaban J connectivity index is 3.59. The summed E-state index contributed by atoms with van der Waals surface area (Å²) in [6.07, 6.45) is 12.0. The van der Waals surface area contributed by atoms with Crippen molar-refractivity contribution in [3.05, 3.63) is 72.1 Å². The maximum Gasteiger partial charge on any atom is 0.0538 e. The van der Waals surface area contributed by atoms with Crippen LogP contribution >= 0.6 is 0 Å². The van der Waals surface area contributed by atoms with Crippen LogP contribution in [0.15, 0.2) is 49.6 Å². The van der Waals surface area contributed by atoms with Crippen LogP contribution in [0.2, 0.25) is 0 Å². The zero-order chi connectivity index (χ0) is 14.4. The zero-order valence-electron chi connectivity index (χ0n) is 12.4. The normalized spacial score (nSPS) is 13.1. The monoisotopic (exact) mass is 253 g/mol. The number of hydrogen-bond donors (Lipinski definition) is 1. The third kappa shape index (κ3) is 3.05. The van der Waals surface area contributed by atoms with E-state index in [2.05, 4.69) is 57.1 Å². The molecule has 1 heterocycles. The first-order chi connectivity index (χ1) is 9.10. The summed E-state index contributed by atoms with van der Waals surface area (Å²) in [7, 11) is 0. The van der Waals surface area contributed by atoms with E-state index in [1.807, 2.05) is 19.1 Å². The van der Waals surface area contributed by atoms with Gasteiger partial charge in [0.2, 0.25) is 0 Å². The highest BCUT2D eigenvalue weighted by molar-refractivity contribution is 5.87. The number of H-pyrrole nitrogens is 1. The molecule has 100 valence electrons. The summed E-state index contributed by atoms with van der Waals surface area (Å²) >= 11 is 0. The van der Waals surface area contributed by atoms with Crippen LogP contribution in [0.25, 0.3) is 11.1 Å². The summed E-state index contributed by atoms with van der Waals surface area (Å²) in [4.78, 5) is 3.46. The van der Waals surface area contributed by atoms with Crippen LogP contribution in [0.3, 0.4) is 0 Å². The minimum absolute atomic E-state index is 1.06. The van der Waals surface area contributed by atoms with Gasteiger partial charge in [-0.1, -0.05) is 49.6 Å². The lowest BCUT2D eigenvalue weighted by Gasteiger charge is -2.07. The standard InChI is InChI=1S/C18H23N/c1-7-11-15(9-3)17-13(5)14(6)19-18(17)16(10-4)12-8-2/h7-12,19H,2,4H2,1,3,5-6H3/b11-7-,15-9+,16-12+. The molecule has 19 heavy (non-hydrogen) atoms. The molecule has 1 rings (SSSR count). The van der Waals surface area contributed by atoms with Gasteiger partial charge in [0.05, 0.1) is 5.69 Å². The van der Waals surface area contributed by atoms with Crippen molar-refractivity contribution in [2.24, 2.45) is 0 Å². The molecule has 0 aliphatic rings. The number of nitrogens with one attached hydrogen (secondary N) is 1. The third-order valence-electron chi connectivity index (χ3n) is 3.25. The zero-order valence-corrected chi connectivity index (χ0v) is 12.4. The molecule has 1 N–H and O–H groups in total. The van der Waals surface area contributed by atoms with Gasteiger partial charge in [-0.15, -0.1) is 0 Å². The van der Waals surface area contributed by atoms with Gasteiger partial charge in [-0.05, 0) is 44.4 Å². The number of aromatic amines is 1. The van der Waals surface area contributed by atoms with Crippen LogP contribution in [0, 0.1) is 13.8 Å². The predicted octanol–water partition coefficient (Wildman–Crippen LogP) is 5.37. The smallest absolute Gasteiger partial charge is 0.0538 e. The maximum atomic E-state index is 3.89. The van der Waals surface area contributed by atoms with E-state index in [9.17, 15) is 0 Å². The van der Waals surface area contributed by atoms with Gasteiger partial charge >= 0.3 is 0 Å². The number of aromatic nitrogens is 1. The largest absolute Gasteiger partial charge is 0.358 e. The Labute approximate surface area is 116 Å². The van der Waals surface area contributed by atoms with Gasteiger partial charge in [0.1, 0.15) is 0 Å². The molecular formula is C18H23N. The van der Waals surface area contributed by atoms with E-state index in [0.717, 1.165) is 11.3 Å². The Kier molecular flexibility index (Phi) is 5.37. The van der Waals surface area contributed by atoms with Gasteiger partial charge in [-0.25, -0.2) is 0 Å². The van der Waals surface area contributed by atoms with Gasteiger partial charge in [0.15, 0.2) is 0 Å². The van der Waals surface area contributed by atoms with Crippen molar-refractivity contribution in [1.82, 2.24) is 4.98 Å². The second-order valence-electron chi connectivity index (χ2n) is 4.43. The van der Waals surface area contributed by atoms with Gasteiger partial charge in [0.25, 0.3) is 0 Å². The molecule has 0 bridgehead atoms.